The van der Waals surface area contributed by atoms with E-state index in [1.807, 2.05) is 0 Å². The molecule has 124 valence electrons. The summed E-state index contributed by atoms with van der Waals surface area (Å²) in [6.45, 7) is 4.72. The van der Waals surface area contributed by atoms with Gasteiger partial charge < -0.3 is 10.6 Å². The van der Waals surface area contributed by atoms with Gasteiger partial charge in [-0.3, -0.25) is 4.79 Å². The van der Waals surface area contributed by atoms with E-state index in [1.165, 1.54) is 23.6 Å². The van der Waals surface area contributed by atoms with Crippen molar-refractivity contribution in [1.82, 2.24) is 9.88 Å². The molecule has 1 heterocycles. The second kappa shape index (κ2) is 7.66. The Bertz CT molecular complexity index is 671. The molecule has 4 nitrogen and oxygen atoms in total. The van der Waals surface area contributed by atoms with Crippen LogP contribution in [0.3, 0.4) is 0 Å². The number of hydrogen-bond acceptors (Lipinski definition) is 4. The zero-order valence-electron chi connectivity index (χ0n) is 13.6. The number of nitrogens with zero attached hydrogens (tertiary/aromatic N) is 2. The highest BCUT2D eigenvalue weighted by Crippen LogP contribution is 2.27. The molecule has 0 saturated heterocycles. The molecule has 1 atom stereocenters. The second-order valence-corrected chi connectivity index (χ2v) is 6.96. The lowest BCUT2D eigenvalue weighted by Gasteiger charge is -2.20. The lowest BCUT2D eigenvalue weighted by Crippen LogP contribution is -2.34. The molecule has 6 heteroatoms. The van der Waals surface area contributed by atoms with Crippen LogP contribution in [0.2, 0.25) is 0 Å². The molecule has 0 aliphatic heterocycles. The zero-order chi connectivity index (χ0) is 17.0. The topological polar surface area (TPSA) is 59.2 Å². The van der Waals surface area contributed by atoms with Crippen LogP contribution in [-0.4, -0.2) is 35.4 Å². The summed E-state index contributed by atoms with van der Waals surface area (Å²) in [6.07, 6.45) is 2.26. The minimum absolute atomic E-state index is 0.0701. The van der Waals surface area contributed by atoms with Gasteiger partial charge in [-0.25, -0.2) is 9.37 Å². The fourth-order valence-corrected chi connectivity index (χ4v) is 3.04. The lowest BCUT2D eigenvalue weighted by molar-refractivity contribution is 0.0793. The van der Waals surface area contributed by atoms with Crippen LogP contribution in [0.4, 0.5) is 4.39 Å². The molecular formula is C17H22FN3OS. The van der Waals surface area contributed by atoms with Gasteiger partial charge in [0.15, 0.2) is 0 Å². The van der Waals surface area contributed by atoms with Crippen molar-refractivity contribution in [3.63, 3.8) is 0 Å². The van der Waals surface area contributed by atoms with Crippen LogP contribution in [0.25, 0.3) is 10.6 Å². The number of thiazole rings is 1. The maximum atomic E-state index is 13.8. The predicted molar refractivity (Wildman–Crippen MR) is 91.9 cm³/mol. The van der Waals surface area contributed by atoms with Gasteiger partial charge in [0.05, 0.1) is 6.20 Å². The van der Waals surface area contributed by atoms with Crippen molar-refractivity contribution in [2.24, 2.45) is 11.7 Å². The molecule has 1 unspecified atom stereocenters. The first kappa shape index (κ1) is 17.6. The summed E-state index contributed by atoms with van der Waals surface area (Å²) < 4.78 is 13.8. The maximum Gasteiger partial charge on any atom is 0.265 e. The average Bonchev–Trinajstić information content (AvgIpc) is 3.01. The van der Waals surface area contributed by atoms with Crippen LogP contribution in [-0.2, 0) is 0 Å². The summed E-state index contributed by atoms with van der Waals surface area (Å²) in [4.78, 5) is 18.7. The number of benzene rings is 1. The van der Waals surface area contributed by atoms with E-state index in [0.29, 0.717) is 27.9 Å². The van der Waals surface area contributed by atoms with Crippen LogP contribution >= 0.6 is 11.3 Å². The maximum absolute atomic E-state index is 13.8. The van der Waals surface area contributed by atoms with E-state index in [1.54, 1.807) is 30.1 Å². The van der Waals surface area contributed by atoms with E-state index >= 15 is 0 Å². The summed E-state index contributed by atoms with van der Waals surface area (Å²) >= 11 is 1.20. The molecule has 0 aliphatic rings. The quantitative estimate of drug-likeness (QED) is 0.880. The first-order valence-corrected chi connectivity index (χ1v) is 8.43. The number of hydrogen-bond donors (Lipinski definition) is 1. The SMILES string of the molecule is CC(C)C(N)CCN(C)C(=O)c1cnc(-c2ccccc2F)s1. The first-order chi connectivity index (χ1) is 10.9. The number of amides is 1. The minimum Gasteiger partial charge on any atom is -0.341 e. The number of carbonyl (C=O) groups is 1. The Hall–Kier alpha value is -1.79. The highest BCUT2D eigenvalue weighted by molar-refractivity contribution is 7.16. The molecule has 2 aromatic rings. The molecule has 0 aliphatic carbocycles. The monoisotopic (exact) mass is 335 g/mol. The van der Waals surface area contributed by atoms with E-state index in [4.69, 9.17) is 5.73 Å². The fourth-order valence-electron chi connectivity index (χ4n) is 2.10. The molecule has 0 spiro atoms. The smallest absolute Gasteiger partial charge is 0.265 e. The van der Waals surface area contributed by atoms with Gasteiger partial charge in [-0.05, 0) is 24.5 Å². The third-order valence-electron chi connectivity index (χ3n) is 3.82. The Kier molecular flexibility index (Phi) is 5.85. The van der Waals surface area contributed by atoms with Crippen LogP contribution < -0.4 is 5.73 Å². The molecule has 0 fully saturated rings. The number of rotatable bonds is 6. The highest BCUT2D eigenvalue weighted by atomic mass is 32.1. The highest BCUT2D eigenvalue weighted by Gasteiger charge is 2.18. The van der Waals surface area contributed by atoms with Crippen LogP contribution in [0.15, 0.2) is 30.5 Å². The zero-order valence-corrected chi connectivity index (χ0v) is 14.4. The van der Waals surface area contributed by atoms with Gasteiger partial charge in [-0.15, -0.1) is 11.3 Å². The second-order valence-electron chi connectivity index (χ2n) is 5.93. The van der Waals surface area contributed by atoms with E-state index in [2.05, 4.69) is 18.8 Å². The molecule has 1 amide bonds. The Morgan fingerprint density at radius 3 is 2.74 bits per heavy atom. The molecule has 1 aromatic heterocycles. The van der Waals surface area contributed by atoms with Gasteiger partial charge in [0.25, 0.3) is 5.91 Å². The van der Waals surface area contributed by atoms with Crippen molar-refractivity contribution in [3.05, 3.63) is 41.2 Å². The van der Waals surface area contributed by atoms with E-state index in [-0.39, 0.29) is 17.8 Å². The third-order valence-corrected chi connectivity index (χ3v) is 4.84. The summed E-state index contributed by atoms with van der Waals surface area (Å²) in [5.41, 5.74) is 6.43. The molecule has 23 heavy (non-hydrogen) atoms. The van der Waals surface area contributed by atoms with Gasteiger partial charge in [0, 0.05) is 25.2 Å². The fraction of sp³-hybridized carbons (Fsp3) is 0.412. The van der Waals surface area contributed by atoms with Gasteiger partial charge in [0.2, 0.25) is 0 Å². The van der Waals surface area contributed by atoms with Gasteiger partial charge in [-0.2, -0.15) is 0 Å². The molecule has 1 aromatic carbocycles. The molecule has 0 saturated carbocycles. The average molecular weight is 335 g/mol. The van der Waals surface area contributed by atoms with Crippen LogP contribution in [0.5, 0.6) is 0 Å². The Balaban J connectivity index is 2.05. The summed E-state index contributed by atoms with van der Waals surface area (Å²) in [5.74, 6) is -0.0623. The molecule has 0 radical (unpaired) electrons. The standard InChI is InChI=1S/C17H22FN3OS/c1-11(2)14(19)8-9-21(3)17(22)15-10-20-16(23-15)12-6-4-5-7-13(12)18/h4-7,10-11,14H,8-9,19H2,1-3H3. The van der Waals surface area contributed by atoms with Gasteiger partial charge in [0.1, 0.15) is 15.7 Å². The molecular weight excluding hydrogens is 313 g/mol. The van der Waals surface area contributed by atoms with Crippen molar-refractivity contribution < 1.29 is 9.18 Å². The van der Waals surface area contributed by atoms with Crippen molar-refractivity contribution in [2.75, 3.05) is 13.6 Å². The van der Waals surface area contributed by atoms with Crippen molar-refractivity contribution in [1.29, 1.82) is 0 Å². The van der Waals surface area contributed by atoms with Crippen molar-refractivity contribution in [2.45, 2.75) is 26.3 Å². The van der Waals surface area contributed by atoms with Crippen molar-refractivity contribution >= 4 is 17.2 Å². The van der Waals surface area contributed by atoms with Gasteiger partial charge >= 0.3 is 0 Å². The minimum atomic E-state index is -0.336. The molecule has 0 bridgehead atoms. The summed E-state index contributed by atoms with van der Waals surface area (Å²) in [5, 5.41) is 0.513. The predicted octanol–water partition coefficient (Wildman–Crippen LogP) is 3.39. The van der Waals surface area contributed by atoms with E-state index < -0.39 is 0 Å². The number of halogens is 1. The lowest BCUT2D eigenvalue weighted by atomic mass is 10.0. The Morgan fingerprint density at radius 1 is 1.39 bits per heavy atom. The Labute approximate surface area is 140 Å². The van der Waals surface area contributed by atoms with Crippen LogP contribution in [0.1, 0.15) is 29.9 Å². The van der Waals surface area contributed by atoms with E-state index in [0.717, 1.165) is 6.42 Å². The van der Waals surface area contributed by atoms with Crippen molar-refractivity contribution in [3.8, 4) is 10.6 Å². The summed E-state index contributed by atoms with van der Waals surface area (Å²) in [6, 6.07) is 6.50. The largest absolute Gasteiger partial charge is 0.341 e. The first-order valence-electron chi connectivity index (χ1n) is 7.62. The molecule has 2 N–H and O–H groups in total. The Morgan fingerprint density at radius 2 is 2.09 bits per heavy atom. The number of carbonyl (C=O) groups excluding carboxylic acids is 1. The normalized spacial score (nSPS) is 12.4. The third kappa shape index (κ3) is 4.36. The van der Waals surface area contributed by atoms with Crippen LogP contribution in [0, 0.1) is 11.7 Å². The number of nitrogens with two attached hydrogens (primary N) is 1. The summed E-state index contributed by atoms with van der Waals surface area (Å²) in [7, 11) is 1.75. The van der Waals surface area contributed by atoms with E-state index in [9.17, 15) is 9.18 Å². The molecule has 2 rings (SSSR count). The van der Waals surface area contributed by atoms with Gasteiger partial charge in [-0.1, -0.05) is 26.0 Å². The number of aromatic nitrogens is 1.